The van der Waals surface area contributed by atoms with Gasteiger partial charge in [-0.25, -0.2) is 0 Å². The molecule has 16 heteroatoms. The molecule has 0 saturated carbocycles. The molecule has 0 fully saturated rings. The van der Waals surface area contributed by atoms with Crippen molar-refractivity contribution in [2.24, 2.45) is 22.9 Å². The molecule has 4 unspecified atom stereocenters. The van der Waals surface area contributed by atoms with E-state index in [1.807, 2.05) is 0 Å². The summed E-state index contributed by atoms with van der Waals surface area (Å²) in [6.07, 6.45) is 4.81. The molecule has 0 aliphatic carbocycles. The maximum absolute atomic E-state index is 8.79. The Morgan fingerprint density at radius 1 is 0.571 bits per heavy atom. The van der Waals surface area contributed by atoms with Crippen LogP contribution < -0.4 is 22.9 Å². The van der Waals surface area contributed by atoms with Crippen LogP contribution in [0.2, 0.25) is 0 Å². The number of aliphatic hydroxyl groups is 2. The Balaban J connectivity index is -0.000000149. The smallest absolute Gasteiger partial charge is 0.0689 e. The predicted molar refractivity (Wildman–Crippen MR) is 94.5 cm³/mol. The Labute approximate surface area is 191 Å². The van der Waals surface area contributed by atoms with E-state index in [2.05, 4.69) is 0 Å². The molecule has 0 heterocycles. The number of rotatable bonds is 11. The van der Waals surface area contributed by atoms with Gasteiger partial charge >= 0.3 is 0 Å². The fourth-order valence-electron chi connectivity index (χ4n) is 1.76. The van der Waals surface area contributed by atoms with Crippen molar-refractivity contribution in [2.75, 3.05) is 13.2 Å². The molecule has 0 bridgehead atoms. The quantitative estimate of drug-likeness (QED) is 0.0996. The summed E-state index contributed by atoms with van der Waals surface area (Å²) in [7, 11) is 0. The molecule has 0 spiro atoms. The van der Waals surface area contributed by atoms with Crippen LogP contribution in [0.5, 0.6) is 0 Å². The average Bonchev–Trinajstić information content (AvgIpc) is 2.54. The van der Waals surface area contributed by atoms with Crippen molar-refractivity contribution >= 4 is 0 Å². The summed E-state index contributed by atoms with van der Waals surface area (Å²) in [6.45, 7) is 0.0105. The molecule has 178 valence electrons. The minimum atomic E-state index is -1.75. The van der Waals surface area contributed by atoms with Crippen LogP contribution in [0.4, 0.5) is 0 Å². The molecule has 0 aliphatic rings. The molecule has 14 nitrogen and oxygen atoms in total. The van der Waals surface area contributed by atoms with Gasteiger partial charge in [-0.3, -0.25) is 0 Å². The van der Waals surface area contributed by atoms with Crippen LogP contribution in [0, 0.1) is 30.6 Å². The Morgan fingerprint density at radius 3 is 0.857 bits per heavy atom. The maximum atomic E-state index is 8.79. The summed E-state index contributed by atoms with van der Waals surface area (Å²) < 4.78 is 0. The van der Waals surface area contributed by atoms with Gasteiger partial charge in [-0.05, 0) is 38.5 Å². The molecule has 0 saturated heterocycles. The zero-order chi connectivity index (χ0) is 21.1. The number of aliphatic hydroxyl groups excluding tert-OH is 2. The van der Waals surface area contributed by atoms with E-state index in [1.165, 1.54) is 0 Å². The van der Waals surface area contributed by atoms with Crippen LogP contribution in [-0.2, 0) is 42.1 Å². The SMILES string of the molecule is NC(CO)CCC(N)CCC(N)CCC(N)CO.O=[N+]([O-])[O-].O=[N+]([O-])[O-].[Pt].[Pt]. The van der Waals surface area contributed by atoms with E-state index in [9.17, 15) is 0 Å². The third kappa shape index (κ3) is 44.7. The minimum Gasteiger partial charge on any atom is -0.395 e. The molecule has 0 amide bonds. The summed E-state index contributed by atoms with van der Waals surface area (Å²) in [5, 5.41) is 47.1. The summed E-state index contributed by atoms with van der Waals surface area (Å²) in [5.41, 5.74) is 23.1. The molecule has 28 heavy (non-hydrogen) atoms. The molecule has 0 radical (unpaired) electrons. The van der Waals surface area contributed by atoms with E-state index in [1.54, 1.807) is 0 Å². The van der Waals surface area contributed by atoms with Crippen LogP contribution in [0.25, 0.3) is 0 Å². The molecule has 10 N–H and O–H groups in total. The first-order chi connectivity index (χ1) is 12.0. The van der Waals surface area contributed by atoms with Crippen molar-refractivity contribution in [1.29, 1.82) is 0 Å². The molecule has 0 aromatic heterocycles. The first kappa shape index (κ1) is 38.2. The van der Waals surface area contributed by atoms with Crippen molar-refractivity contribution in [3.63, 3.8) is 0 Å². The van der Waals surface area contributed by atoms with Gasteiger partial charge in [0.1, 0.15) is 0 Å². The van der Waals surface area contributed by atoms with Gasteiger partial charge in [-0.1, -0.05) is 0 Å². The first-order valence-corrected chi connectivity index (χ1v) is 7.83. The average molecular weight is 777 g/mol. The molecule has 4 atom stereocenters. The van der Waals surface area contributed by atoms with E-state index in [0.717, 1.165) is 38.5 Å². The Hall–Kier alpha value is -0.463. The van der Waals surface area contributed by atoms with Crippen molar-refractivity contribution in [3.8, 4) is 0 Å². The summed E-state index contributed by atoms with van der Waals surface area (Å²) >= 11 is 0. The van der Waals surface area contributed by atoms with Crippen molar-refractivity contribution in [3.05, 3.63) is 30.6 Å². The predicted octanol–water partition coefficient (Wildman–Crippen LogP) is -1.86. The molecule has 0 aromatic carbocycles. The van der Waals surface area contributed by atoms with Crippen molar-refractivity contribution in [2.45, 2.75) is 62.7 Å². The first-order valence-electron chi connectivity index (χ1n) is 7.83. The van der Waals surface area contributed by atoms with Crippen molar-refractivity contribution < 1.29 is 62.5 Å². The topological polar surface area (TPSA) is 277 Å². The summed E-state index contributed by atoms with van der Waals surface area (Å²) in [5.74, 6) is 0. The van der Waals surface area contributed by atoms with E-state index in [4.69, 9.17) is 63.8 Å². The summed E-state index contributed by atoms with van der Waals surface area (Å²) in [4.78, 5) is 16.5. The van der Waals surface area contributed by atoms with E-state index < -0.39 is 10.2 Å². The van der Waals surface area contributed by atoms with Gasteiger partial charge in [0.15, 0.2) is 0 Å². The van der Waals surface area contributed by atoms with E-state index >= 15 is 0 Å². The Kier molecular flexibility index (Phi) is 36.2. The minimum absolute atomic E-state index is 0. The molecular weight excluding hydrogens is 746 g/mol. The maximum Gasteiger partial charge on any atom is 0.0689 e. The van der Waals surface area contributed by atoms with Crippen molar-refractivity contribution in [1.82, 2.24) is 0 Å². The molecule has 0 aliphatic heterocycles. The molecule has 0 aromatic rings. The van der Waals surface area contributed by atoms with Crippen LogP contribution >= 0.6 is 0 Å². The van der Waals surface area contributed by atoms with Crippen LogP contribution in [0.1, 0.15) is 38.5 Å². The second kappa shape index (κ2) is 26.5. The second-order valence-electron chi connectivity index (χ2n) is 5.58. The number of hydrogen-bond acceptors (Lipinski definition) is 12. The van der Waals surface area contributed by atoms with Crippen LogP contribution in [0.15, 0.2) is 0 Å². The molecule has 0 rings (SSSR count). The van der Waals surface area contributed by atoms with Gasteiger partial charge in [0.2, 0.25) is 0 Å². The fraction of sp³-hybridized carbons (Fsp3) is 1.00. The fourth-order valence-corrected chi connectivity index (χ4v) is 1.76. The normalized spacial score (nSPS) is 13.5. The third-order valence-corrected chi connectivity index (χ3v) is 3.19. The Morgan fingerprint density at radius 2 is 0.714 bits per heavy atom. The zero-order valence-electron chi connectivity index (χ0n) is 15.1. The van der Waals surface area contributed by atoms with Gasteiger partial charge in [-0.15, -0.1) is 0 Å². The zero-order valence-corrected chi connectivity index (χ0v) is 19.7. The monoisotopic (exact) mass is 776 g/mol. The van der Waals surface area contributed by atoms with E-state index in [0.29, 0.717) is 0 Å². The Bertz CT molecular complexity index is 322. The largest absolute Gasteiger partial charge is 0.395 e. The van der Waals surface area contributed by atoms with Gasteiger partial charge < -0.3 is 63.8 Å². The van der Waals surface area contributed by atoms with Gasteiger partial charge in [-0.2, -0.15) is 0 Å². The second-order valence-corrected chi connectivity index (χ2v) is 5.58. The van der Waals surface area contributed by atoms with Crippen LogP contribution in [-0.4, -0.2) is 57.8 Å². The van der Waals surface area contributed by atoms with Gasteiger partial charge in [0, 0.05) is 66.3 Å². The van der Waals surface area contributed by atoms with Gasteiger partial charge in [0.25, 0.3) is 0 Å². The van der Waals surface area contributed by atoms with E-state index in [-0.39, 0.29) is 79.5 Å². The summed E-state index contributed by atoms with van der Waals surface area (Å²) in [6, 6.07) is -0.181. The number of nitrogens with zero attached hydrogens (tertiary/aromatic N) is 2. The van der Waals surface area contributed by atoms with Gasteiger partial charge in [0.05, 0.1) is 23.4 Å². The number of hydrogen-bond donors (Lipinski definition) is 6. The standard InChI is InChI=1S/C12H30N4O2.2NO3.2Pt/c13-9(3-5-11(15)7-17)1-2-10(14)4-6-12(16)8-18;2*2-1(3)4;;/h9-12,17-18H,1-8,13-16H2;;;;/q;2*-1;;. The third-order valence-electron chi connectivity index (χ3n) is 3.19. The van der Waals surface area contributed by atoms with Crippen LogP contribution in [0.3, 0.4) is 0 Å². The molecular formula is C12H30N6O8Pt2-2. The number of nitrogens with two attached hydrogens (primary N) is 4.